The van der Waals surface area contributed by atoms with E-state index in [1.54, 1.807) is 0 Å². The first-order valence-corrected chi connectivity index (χ1v) is 8.23. The lowest BCUT2D eigenvalue weighted by atomic mass is 9.78. The van der Waals surface area contributed by atoms with Gasteiger partial charge < -0.3 is 10.6 Å². The molecule has 3 unspecified atom stereocenters. The van der Waals surface area contributed by atoms with Crippen molar-refractivity contribution < 1.29 is 4.79 Å². The average Bonchev–Trinajstić information content (AvgIpc) is 2.92. The Hall–Kier alpha value is -1.06. The van der Waals surface area contributed by atoms with Crippen LogP contribution in [0.1, 0.15) is 36.8 Å². The van der Waals surface area contributed by atoms with Gasteiger partial charge in [0.15, 0.2) is 0 Å². The fraction of sp³-hybridized carbons (Fsp3) is 0.611. The van der Waals surface area contributed by atoms with Gasteiger partial charge in [-0.25, -0.2) is 0 Å². The van der Waals surface area contributed by atoms with Crippen LogP contribution < -0.4 is 5.73 Å². The molecule has 122 valence electrons. The van der Waals surface area contributed by atoms with E-state index in [9.17, 15) is 4.79 Å². The van der Waals surface area contributed by atoms with Gasteiger partial charge >= 0.3 is 0 Å². The lowest BCUT2D eigenvalue weighted by Gasteiger charge is -2.29. The Balaban J connectivity index is 0.00000176. The number of hydrogen-bond donors (Lipinski definition) is 1. The van der Waals surface area contributed by atoms with Gasteiger partial charge in [-0.3, -0.25) is 4.79 Å². The summed E-state index contributed by atoms with van der Waals surface area (Å²) < 4.78 is 0. The summed E-state index contributed by atoms with van der Waals surface area (Å²) in [7, 11) is 0. The van der Waals surface area contributed by atoms with Gasteiger partial charge in [-0.15, -0.1) is 12.4 Å². The highest BCUT2D eigenvalue weighted by atomic mass is 35.5. The molecular formula is C18H27ClN2O. The summed E-state index contributed by atoms with van der Waals surface area (Å²) in [4.78, 5) is 14.5. The van der Waals surface area contributed by atoms with Crippen molar-refractivity contribution in [3.63, 3.8) is 0 Å². The molecule has 0 bridgehead atoms. The first kappa shape index (κ1) is 17.3. The van der Waals surface area contributed by atoms with Gasteiger partial charge in [0, 0.05) is 25.6 Å². The normalized spacial score (nSPS) is 27.2. The first-order valence-electron chi connectivity index (χ1n) is 8.23. The lowest BCUT2D eigenvalue weighted by Crippen LogP contribution is -2.38. The van der Waals surface area contributed by atoms with Crippen LogP contribution in [0.4, 0.5) is 0 Å². The summed E-state index contributed by atoms with van der Waals surface area (Å²) in [5.74, 6) is 1.50. The molecule has 1 amide bonds. The maximum Gasteiger partial charge on any atom is 0.222 e. The van der Waals surface area contributed by atoms with E-state index in [0.29, 0.717) is 30.2 Å². The summed E-state index contributed by atoms with van der Waals surface area (Å²) >= 11 is 0. The number of fused-ring (bicyclic) bond motifs is 1. The van der Waals surface area contributed by atoms with Crippen molar-refractivity contribution in [1.82, 2.24) is 4.90 Å². The van der Waals surface area contributed by atoms with Crippen molar-refractivity contribution in [2.24, 2.45) is 17.6 Å². The van der Waals surface area contributed by atoms with Crippen molar-refractivity contribution in [1.29, 1.82) is 0 Å². The highest BCUT2D eigenvalue weighted by Crippen LogP contribution is 2.35. The molecule has 1 saturated heterocycles. The summed E-state index contributed by atoms with van der Waals surface area (Å²) in [6.45, 7) is 3.94. The number of benzene rings is 1. The number of aryl methyl sites for hydroxylation is 2. The maximum atomic E-state index is 12.5. The van der Waals surface area contributed by atoms with Crippen LogP contribution in [0.25, 0.3) is 0 Å². The molecule has 2 N–H and O–H groups in total. The Kier molecular flexibility index (Phi) is 5.87. The Morgan fingerprint density at radius 3 is 2.77 bits per heavy atom. The first-order chi connectivity index (χ1) is 10.1. The molecule has 0 radical (unpaired) electrons. The molecule has 2 fully saturated rings. The quantitative estimate of drug-likeness (QED) is 0.930. The zero-order valence-electron chi connectivity index (χ0n) is 13.3. The second-order valence-corrected chi connectivity index (χ2v) is 6.74. The SMILES string of the molecule is Cc1ccccc1CCC(=O)N1CC2CCCC(N)C2C1.Cl. The van der Waals surface area contributed by atoms with Crippen LogP contribution in [-0.2, 0) is 11.2 Å². The monoisotopic (exact) mass is 322 g/mol. The second-order valence-electron chi connectivity index (χ2n) is 6.74. The molecular weight excluding hydrogens is 296 g/mol. The van der Waals surface area contributed by atoms with Gasteiger partial charge in [-0.1, -0.05) is 30.7 Å². The van der Waals surface area contributed by atoms with Crippen molar-refractivity contribution in [3.05, 3.63) is 35.4 Å². The number of nitrogens with zero attached hydrogens (tertiary/aromatic N) is 1. The number of rotatable bonds is 3. The van der Waals surface area contributed by atoms with E-state index in [0.717, 1.165) is 25.9 Å². The van der Waals surface area contributed by atoms with Crippen LogP contribution in [0.3, 0.4) is 0 Å². The Bertz CT molecular complexity index is 520. The zero-order valence-corrected chi connectivity index (χ0v) is 14.1. The standard InChI is InChI=1S/C18H26N2O.ClH/c1-13-5-2-3-6-14(13)9-10-18(21)20-11-15-7-4-8-17(19)16(15)12-20;/h2-3,5-6,15-17H,4,7-12,19H2,1H3;1H. The number of hydrogen-bond acceptors (Lipinski definition) is 2. The van der Waals surface area contributed by atoms with Crippen molar-refractivity contribution in [2.75, 3.05) is 13.1 Å². The van der Waals surface area contributed by atoms with Crippen LogP contribution in [0.5, 0.6) is 0 Å². The molecule has 22 heavy (non-hydrogen) atoms. The third-order valence-corrected chi connectivity index (χ3v) is 5.38. The molecule has 1 heterocycles. The summed E-state index contributed by atoms with van der Waals surface area (Å²) in [5, 5.41) is 0. The number of amides is 1. The molecule has 1 aliphatic carbocycles. The smallest absolute Gasteiger partial charge is 0.222 e. The Morgan fingerprint density at radius 2 is 2.05 bits per heavy atom. The lowest BCUT2D eigenvalue weighted by molar-refractivity contribution is -0.130. The Labute approximate surface area is 139 Å². The predicted molar refractivity (Wildman–Crippen MR) is 92.1 cm³/mol. The minimum absolute atomic E-state index is 0. The molecule has 3 atom stereocenters. The number of likely N-dealkylation sites (tertiary alicyclic amines) is 1. The third-order valence-electron chi connectivity index (χ3n) is 5.38. The second kappa shape index (κ2) is 7.47. The molecule has 1 aromatic carbocycles. The van der Waals surface area contributed by atoms with E-state index in [-0.39, 0.29) is 12.4 Å². The third kappa shape index (κ3) is 3.64. The minimum atomic E-state index is 0. The molecule has 2 aliphatic rings. The fourth-order valence-electron chi connectivity index (χ4n) is 4.01. The summed E-state index contributed by atoms with van der Waals surface area (Å²) in [5.41, 5.74) is 8.80. The van der Waals surface area contributed by atoms with Gasteiger partial charge in [0.05, 0.1) is 0 Å². The highest BCUT2D eigenvalue weighted by Gasteiger charge is 2.40. The summed E-state index contributed by atoms with van der Waals surface area (Å²) in [6.07, 6.45) is 5.09. The molecule has 0 spiro atoms. The topological polar surface area (TPSA) is 46.3 Å². The minimum Gasteiger partial charge on any atom is -0.342 e. The van der Waals surface area contributed by atoms with E-state index in [1.165, 1.54) is 24.0 Å². The van der Waals surface area contributed by atoms with Crippen LogP contribution in [-0.4, -0.2) is 29.9 Å². The Morgan fingerprint density at radius 1 is 1.27 bits per heavy atom. The number of nitrogens with two attached hydrogens (primary N) is 1. The van der Waals surface area contributed by atoms with Crippen LogP contribution in [0.15, 0.2) is 24.3 Å². The van der Waals surface area contributed by atoms with Crippen molar-refractivity contribution in [3.8, 4) is 0 Å². The van der Waals surface area contributed by atoms with E-state index in [2.05, 4.69) is 30.0 Å². The number of carbonyl (C=O) groups excluding carboxylic acids is 1. The highest BCUT2D eigenvalue weighted by molar-refractivity contribution is 5.85. The van der Waals surface area contributed by atoms with Gasteiger partial charge in [0.2, 0.25) is 5.91 Å². The number of carbonyl (C=O) groups is 1. The fourth-order valence-corrected chi connectivity index (χ4v) is 4.01. The predicted octanol–water partition coefficient (Wildman–Crippen LogP) is 2.94. The van der Waals surface area contributed by atoms with E-state index >= 15 is 0 Å². The molecule has 0 aromatic heterocycles. The van der Waals surface area contributed by atoms with E-state index < -0.39 is 0 Å². The molecule has 3 nitrogen and oxygen atoms in total. The van der Waals surface area contributed by atoms with E-state index in [1.807, 2.05) is 6.07 Å². The number of halogens is 1. The van der Waals surface area contributed by atoms with Crippen LogP contribution in [0.2, 0.25) is 0 Å². The molecule has 4 heteroatoms. The largest absolute Gasteiger partial charge is 0.342 e. The maximum absolute atomic E-state index is 12.5. The molecule has 3 rings (SSSR count). The zero-order chi connectivity index (χ0) is 14.8. The molecule has 1 aromatic rings. The molecule has 1 aliphatic heterocycles. The van der Waals surface area contributed by atoms with Crippen molar-refractivity contribution >= 4 is 18.3 Å². The van der Waals surface area contributed by atoms with Crippen LogP contribution in [0, 0.1) is 18.8 Å². The van der Waals surface area contributed by atoms with Gasteiger partial charge in [0.25, 0.3) is 0 Å². The van der Waals surface area contributed by atoms with Gasteiger partial charge in [-0.05, 0) is 49.1 Å². The summed E-state index contributed by atoms with van der Waals surface area (Å²) in [6, 6.07) is 8.65. The van der Waals surface area contributed by atoms with E-state index in [4.69, 9.17) is 5.73 Å². The van der Waals surface area contributed by atoms with Gasteiger partial charge in [-0.2, -0.15) is 0 Å². The molecule has 1 saturated carbocycles. The van der Waals surface area contributed by atoms with Gasteiger partial charge in [0.1, 0.15) is 0 Å². The van der Waals surface area contributed by atoms with Crippen molar-refractivity contribution in [2.45, 2.75) is 45.1 Å². The average molecular weight is 323 g/mol. The van der Waals surface area contributed by atoms with Crippen LogP contribution >= 0.6 is 12.4 Å².